The molecule has 0 spiro atoms. The molecule has 1 aliphatic carbocycles. The number of ketones is 1. The van der Waals surface area contributed by atoms with E-state index in [1.54, 1.807) is 37.4 Å². The van der Waals surface area contributed by atoms with Crippen LogP contribution in [-0.4, -0.2) is 48.7 Å². The highest BCUT2D eigenvalue weighted by atomic mass is 16.6. The minimum absolute atomic E-state index is 0.00533. The van der Waals surface area contributed by atoms with Gasteiger partial charge in [0.1, 0.15) is 11.9 Å². The van der Waals surface area contributed by atoms with Crippen LogP contribution in [0.2, 0.25) is 0 Å². The monoisotopic (exact) mass is 347 g/mol. The van der Waals surface area contributed by atoms with E-state index < -0.39 is 28.5 Å². The van der Waals surface area contributed by atoms with Crippen LogP contribution in [0.5, 0.6) is 0 Å². The summed E-state index contributed by atoms with van der Waals surface area (Å²) in [5, 5.41) is 27.6. The number of carbonyl (C=O) groups excluding carboxylic acids is 1. The predicted molar refractivity (Wildman–Crippen MR) is 91.2 cm³/mol. The summed E-state index contributed by atoms with van der Waals surface area (Å²) in [4.78, 5) is 23.9. The van der Waals surface area contributed by atoms with Gasteiger partial charge in [-0.25, -0.2) is 5.32 Å². The molecule has 134 valence electrons. The topological polar surface area (TPSA) is 114 Å². The van der Waals surface area contributed by atoms with Crippen molar-refractivity contribution in [3.8, 4) is 0 Å². The minimum Gasteiger partial charge on any atom is -0.499 e. The number of nitrogens with one attached hydrogen (secondary N) is 2. The number of benzene rings is 1. The molecule has 1 aromatic carbocycles. The number of aliphatic hydroxyl groups excluding tert-OH is 1. The van der Waals surface area contributed by atoms with Crippen LogP contribution >= 0.6 is 0 Å². The van der Waals surface area contributed by atoms with Crippen molar-refractivity contribution in [3.63, 3.8) is 0 Å². The van der Waals surface area contributed by atoms with Crippen molar-refractivity contribution < 1.29 is 19.6 Å². The highest BCUT2D eigenvalue weighted by Crippen LogP contribution is 2.30. The molecule has 0 saturated heterocycles. The quantitative estimate of drug-likeness (QED) is 0.375. The van der Waals surface area contributed by atoms with E-state index in [4.69, 9.17) is 4.74 Å². The molecule has 3 N–H and O–H groups in total. The molecule has 2 rings (SSSR count). The molecule has 1 aliphatic rings. The third-order valence-corrected chi connectivity index (χ3v) is 4.27. The largest absolute Gasteiger partial charge is 0.499 e. The summed E-state index contributed by atoms with van der Waals surface area (Å²) < 4.78 is 5.25. The van der Waals surface area contributed by atoms with Crippen LogP contribution in [0.15, 0.2) is 53.8 Å². The van der Waals surface area contributed by atoms with Gasteiger partial charge in [-0.3, -0.25) is 14.9 Å². The van der Waals surface area contributed by atoms with Gasteiger partial charge in [-0.15, -0.1) is 0 Å². The Bertz CT molecular complexity index is 716. The lowest BCUT2D eigenvalue weighted by Gasteiger charge is -2.34. The van der Waals surface area contributed by atoms with E-state index in [1.165, 1.54) is 26.3 Å². The summed E-state index contributed by atoms with van der Waals surface area (Å²) >= 11 is 0. The molecule has 3 unspecified atom stereocenters. The molecule has 0 heterocycles. The predicted octanol–water partition coefficient (Wildman–Crippen LogP) is 0.540. The standard InChI is InChI=1S/C17H21N3O5/c1-18-16-13(25-3)9-12(10-17(16,19-2)20(23)24)15(22)14(21)11-7-5-4-6-8-11/h4-10,14,16,18-19,21H,1-3H3. The Morgan fingerprint density at radius 2 is 2.00 bits per heavy atom. The van der Waals surface area contributed by atoms with Crippen molar-refractivity contribution in [2.75, 3.05) is 21.2 Å². The summed E-state index contributed by atoms with van der Waals surface area (Å²) in [6.07, 6.45) is 1.20. The molecule has 0 saturated carbocycles. The highest BCUT2D eigenvalue weighted by Gasteiger charge is 2.52. The normalized spacial score (nSPS) is 24.1. The lowest BCUT2D eigenvalue weighted by atomic mass is 9.86. The van der Waals surface area contributed by atoms with Crippen molar-refractivity contribution in [2.24, 2.45) is 0 Å². The summed E-state index contributed by atoms with van der Waals surface area (Å²) in [6, 6.07) is 7.57. The van der Waals surface area contributed by atoms with Crippen LogP contribution in [0.4, 0.5) is 0 Å². The zero-order valence-corrected chi connectivity index (χ0v) is 14.2. The maximum absolute atomic E-state index is 12.7. The third-order valence-electron chi connectivity index (χ3n) is 4.27. The van der Waals surface area contributed by atoms with E-state index in [2.05, 4.69) is 10.6 Å². The molecule has 0 aliphatic heterocycles. The number of carbonyl (C=O) groups is 1. The zero-order valence-electron chi connectivity index (χ0n) is 14.2. The van der Waals surface area contributed by atoms with E-state index >= 15 is 0 Å². The van der Waals surface area contributed by atoms with Gasteiger partial charge in [0.25, 0.3) is 0 Å². The van der Waals surface area contributed by atoms with Gasteiger partial charge in [-0.2, -0.15) is 0 Å². The third kappa shape index (κ3) is 3.32. The Kier molecular flexibility index (Phi) is 5.68. The molecule has 0 aromatic heterocycles. The number of methoxy groups -OCH3 is 1. The van der Waals surface area contributed by atoms with E-state index in [0.29, 0.717) is 5.56 Å². The number of rotatable bonds is 7. The van der Waals surface area contributed by atoms with Gasteiger partial charge in [0.05, 0.1) is 7.11 Å². The average Bonchev–Trinajstić information content (AvgIpc) is 2.65. The summed E-state index contributed by atoms with van der Waals surface area (Å²) in [5.41, 5.74) is -1.37. The first-order chi connectivity index (χ1) is 11.9. The molecule has 3 atom stereocenters. The minimum atomic E-state index is -1.78. The summed E-state index contributed by atoms with van der Waals surface area (Å²) in [7, 11) is 4.36. The second kappa shape index (κ2) is 7.56. The number of hydrogen-bond acceptors (Lipinski definition) is 7. The molecule has 0 bridgehead atoms. The molecule has 0 amide bonds. The maximum Gasteiger partial charge on any atom is 0.317 e. The zero-order chi connectivity index (χ0) is 18.6. The number of Topliss-reactive ketones (excluding diaryl/α,β-unsaturated/α-hetero) is 1. The van der Waals surface area contributed by atoms with Gasteiger partial charge >= 0.3 is 5.66 Å². The first-order valence-corrected chi connectivity index (χ1v) is 7.67. The van der Waals surface area contributed by atoms with Crippen molar-refractivity contribution in [1.82, 2.24) is 10.6 Å². The van der Waals surface area contributed by atoms with Gasteiger partial charge in [0, 0.05) is 16.6 Å². The van der Waals surface area contributed by atoms with Gasteiger partial charge < -0.3 is 15.2 Å². The molecule has 0 fully saturated rings. The fraction of sp³-hybridized carbons (Fsp3) is 0.353. The van der Waals surface area contributed by atoms with E-state index in [0.717, 1.165) is 0 Å². The number of nitrogens with zero attached hydrogens (tertiary/aromatic N) is 1. The number of hydrogen-bond donors (Lipinski definition) is 3. The van der Waals surface area contributed by atoms with E-state index in [9.17, 15) is 20.0 Å². The second-order valence-electron chi connectivity index (χ2n) is 5.58. The molecule has 0 radical (unpaired) electrons. The van der Waals surface area contributed by atoms with Crippen LogP contribution in [-0.2, 0) is 9.53 Å². The molecule has 1 aromatic rings. The number of likely N-dealkylation sites (N-methyl/N-ethyl adjacent to an activating group) is 2. The van der Waals surface area contributed by atoms with Gasteiger partial charge in [0.2, 0.25) is 0 Å². The molecular formula is C17H21N3O5. The molecule has 8 nitrogen and oxygen atoms in total. The molecule has 25 heavy (non-hydrogen) atoms. The number of allylic oxidation sites excluding steroid dienone is 1. The maximum atomic E-state index is 12.7. The van der Waals surface area contributed by atoms with Gasteiger partial charge in [-0.1, -0.05) is 30.3 Å². The average molecular weight is 347 g/mol. The van der Waals surface area contributed by atoms with Crippen molar-refractivity contribution in [1.29, 1.82) is 0 Å². The first-order valence-electron chi connectivity index (χ1n) is 7.67. The SMILES string of the molecule is CNC1C(OC)=CC(C(=O)C(O)c2ccccc2)=CC1(NC)[N+](=O)[O-]. The Hall–Kier alpha value is -2.55. The fourth-order valence-electron chi connectivity index (χ4n) is 2.91. The van der Waals surface area contributed by atoms with Crippen LogP contribution in [0.1, 0.15) is 11.7 Å². The summed E-state index contributed by atoms with van der Waals surface area (Å²) in [6.45, 7) is 0. The van der Waals surface area contributed by atoms with Crippen LogP contribution in [0.3, 0.4) is 0 Å². The van der Waals surface area contributed by atoms with E-state index in [-0.39, 0.29) is 11.3 Å². The van der Waals surface area contributed by atoms with Gasteiger partial charge in [0.15, 0.2) is 11.8 Å². The van der Waals surface area contributed by atoms with Crippen LogP contribution < -0.4 is 10.6 Å². The lowest BCUT2D eigenvalue weighted by Crippen LogP contribution is -2.64. The summed E-state index contributed by atoms with van der Waals surface area (Å²) in [5.74, 6) is -0.420. The van der Waals surface area contributed by atoms with Crippen LogP contribution in [0.25, 0.3) is 0 Å². The fourth-order valence-corrected chi connectivity index (χ4v) is 2.91. The van der Waals surface area contributed by atoms with Gasteiger partial charge in [-0.05, 0) is 25.7 Å². The van der Waals surface area contributed by atoms with Crippen molar-refractivity contribution >= 4 is 5.78 Å². The number of nitro groups is 1. The van der Waals surface area contributed by atoms with Crippen LogP contribution in [0, 0.1) is 10.1 Å². The van der Waals surface area contributed by atoms with E-state index in [1.807, 2.05) is 0 Å². The van der Waals surface area contributed by atoms with Crippen molar-refractivity contribution in [3.05, 3.63) is 69.5 Å². The second-order valence-corrected chi connectivity index (χ2v) is 5.58. The number of aliphatic hydroxyl groups is 1. The molecular weight excluding hydrogens is 326 g/mol. The van der Waals surface area contributed by atoms with Crippen molar-refractivity contribution in [2.45, 2.75) is 17.8 Å². The Morgan fingerprint density at radius 3 is 2.48 bits per heavy atom. The number of ether oxygens (including phenoxy) is 1. The lowest BCUT2D eigenvalue weighted by molar-refractivity contribution is -0.566. The first kappa shape index (κ1) is 18.8. The smallest absolute Gasteiger partial charge is 0.317 e. The Morgan fingerprint density at radius 1 is 1.36 bits per heavy atom. The Balaban J connectivity index is 2.50. The molecule has 8 heteroatoms. The Labute approximate surface area is 145 Å². The highest BCUT2D eigenvalue weighted by molar-refractivity contribution is 6.02.